The van der Waals surface area contributed by atoms with Crippen LogP contribution < -0.4 is 4.74 Å². The molecule has 0 radical (unpaired) electrons. The van der Waals surface area contributed by atoms with Gasteiger partial charge in [-0.2, -0.15) is 0 Å². The Morgan fingerprint density at radius 3 is 2.73 bits per heavy atom. The summed E-state index contributed by atoms with van der Waals surface area (Å²) >= 11 is 0. The highest BCUT2D eigenvalue weighted by Crippen LogP contribution is 2.21. The van der Waals surface area contributed by atoms with E-state index in [-0.39, 0.29) is 0 Å². The van der Waals surface area contributed by atoms with E-state index in [1.807, 2.05) is 18.2 Å². The molecule has 0 aliphatic rings. The number of ether oxygens (including phenoxy) is 1. The zero-order valence-corrected chi connectivity index (χ0v) is 8.90. The Morgan fingerprint density at radius 1 is 1.13 bits per heavy atom. The van der Waals surface area contributed by atoms with Crippen molar-refractivity contribution in [1.29, 1.82) is 0 Å². The normalized spacial score (nSPS) is 10.0. The van der Waals surface area contributed by atoms with Gasteiger partial charge in [-0.3, -0.25) is 4.98 Å². The number of rotatable bonds is 2. The summed E-state index contributed by atoms with van der Waals surface area (Å²) in [6.45, 7) is 2.07. The Kier molecular flexibility index (Phi) is 2.68. The van der Waals surface area contributed by atoms with E-state index in [1.54, 1.807) is 13.3 Å². The van der Waals surface area contributed by atoms with Gasteiger partial charge >= 0.3 is 0 Å². The summed E-state index contributed by atoms with van der Waals surface area (Å²) in [6.07, 6.45) is 1.76. The summed E-state index contributed by atoms with van der Waals surface area (Å²) in [6, 6.07) is 12.1. The smallest absolute Gasteiger partial charge is 0.122 e. The van der Waals surface area contributed by atoms with Crippen LogP contribution in [0.3, 0.4) is 0 Å². The first-order valence-electron chi connectivity index (χ1n) is 4.86. The molecule has 0 amide bonds. The van der Waals surface area contributed by atoms with Gasteiger partial charge in [-0.1, -0.05) is 23.8 Å². The molecular weight excluding hydrogens is 186 g/mol. The molecule has 76 valence electrons. The largest absolute Gasteiger partial charge is 0.497 e. The topological polar surface area (TPSA) is 22.1 Å². The minimum atomic E-state index is 0.835. The first kappa shape index (κ1) is 9.71. The Morgan fingerprint density at radius 2 is 2.00 bits per heavy atom. The van der Waals surface area contributed by atoms with Gasteiger partial charge in [0.05, 0.1) is 12.8 Å². The lowest BCUT2D eigenvalue weighted by molar-refractivity contribution is 0.414. The van der Waals surface area contributed by atoms with Gasteiger partial charge in [-0.15, -0.1) is 0 Å². The number of hydrogen-bond acceptors (Lipinski definition) is 2. The van der Waals surface area contributed by atoms with E-state index < -0.39 is 0 Å². The van der Waals surface area contributed by atoms with E-state index >= 15 is 0 Å². The average molecular weight is 199 g/mol. The molecular formula is C13H13NO. The monoisotopic (exact) mass is 199 g/mol. The summed E-state index contributed by atoms with van der Waals surface area (Å²) in [5, 5.41) is 0. The van der Waals surface area contributed by atoms with E-state index in [0.717, 1.165) is 17.0 Å². The molecule has 0 saturated heterocycles. The Balaban J connectivity index is 2.44. The summed E-state index contributed by atoms with van der Waals surface area (Å²) in [7, 11) is 1.66. The molecule has 15 heavy (non-hydrogen) atoms. The molecule has 0 fully saturated rings. The predicted molar refractivity (Wildman–Crippen MR) is 61.0 cm³/mol. The minimum absolute atomic E-state index is 0.835. The van der Waals surface area contributed by atoms with E-state index in [1.165, 1.54) is 5.56 Å². The van der Waals surface area contributed by atoms with Gasteiger partial charge in [-0.05, 0) is 19.1 Å². The van der Waals surface area contributed by atoms with Crippen molar-refractivity contribution in [3.05, 3.63) is 48.2 Å². The van der Waals surface area contributed by atoms with Crippen LogP contribution in [-0.4, -0.2) is 12.1 Å². The zero-order chi connectivity index (χ0) is 10.7. The lowest BCUT2D eigenvalue weighted by atomic mass is 10.1. The molecule has 0 saturated carbocycles. The molecule has 0 unspecified atom stereocenters. The predicted octanol–water partition coefficient (Wildman–Crippen LogP) is 3.07. The van der Waals surface area contributed by atoms with Crippen molar-refractivity contribution in [2.24, 2.45) is 0 Å². The second-order valence-electron chi connectivity index (χ2n) is 3.45. The molecule has 1 aromatic heterocycles. The van der Waals surface area contributed by atoms with Crippen molar-refractivity contribution in [2.75, 3.05) is 7.11 Å². The molecule has 2 aromatic rings. The maximum atomic E-state index is 5.17. The number of nitrogens with zero attached hydrogens (tertiary/aromatic N) is 1. The molecule has 1 aromatic carbocycles. The van der Waals surface area contributed by atoms with E-state index in [9.17, 15) is 0 Å². The third-order valence-electron chi connectivity index (χ3n) is 2.28. The van der Waals surface area contributed by atoms with Crippen LogP contribution in [0.15, 0.2) is 42.6 Å². The van der Waals surface area contributed by atoms with Crippen LogP contribution in [0.2, 0.25) is 0 Å². The first-order valence-corrected chi connectivity index (χ1v) is 4.86. The molecule has 1 heterocycles. The lowest BCUT2D eigenvalue weighted by Gasteiger charge is -2.04. The molecule has 0 aliphatic heterocycles. The van der Waals surface area contributed by atoms with Crippen molar-refractivity contribution >= 4 is 0 Å². The van der Waals surface area contributed by atoms with Crippen LogP contribution in [0.1, 0.15) is 5.56 Å². The minimum Gasteiger partial charge on any atom is -0.497 e. The quantitative estimate of drug-likeness (QED) is 0.741. The Hall–Kier alpha value is -1.83. The van der Waals surface area contributed by atoms with Crippen LogP contribution in [0, 0.1) is 6.92 Å². The van der Waals surface area contributed by atoms with Gasteiger partial charge in [0.1, 0.15) is 5.75 Å². The highest BCUT2D eigenvalue weighted by molar-refractivity contribution is 5.61. The molecule has 0 N–H and O–H groups in total. The molecule has 0 bridgehead atoms. The second kappa shape index (κ2) is 4.13. The number of hydrogen-bond donors (Lipinski definition) is 0. The summed E-state index contributed by atoms with van der Waals surface area (Å²) in [5.41, 5.74) is 3.30. The highest BCUT2D eigenvalue weighted by atomic mass is 16.5. The van der Waals surface area contributed by atoms with E-state index in [0.29, 0.717) is 0 Å². The number of aryl methyl sites for hydroxylation is 1. The fourth-order valence-corrected chi connectivity index (χ4v) is 1.50. The van der Waals surface area contributed by atoms with E-state index in [4.69, 9.17) is 4.74 Å². The Labute approximate surface area is 89.6 Å². The van der Waals surface area contributed by atoms with Crippen molar-refractivity contribution in [3.8, 4) is 17.0 Å². The van der Waals surface area contributed by atoms with Crippen molar-refractivity contribution in [1.82, 2.24) is 4.98 Å². The number of pyridine rings is 1. The van der Waals surface area contributed by atoms with Gasteiger partial charge in [-0.25, -0.2) is 0 Å². The van der Waals surface area contributed by atoms with Gasteiger partial charge in [0.25, 0.3) is 0 Å². The molecule has 2 heteroatoms. The van der Waals surface area contributed by atoms with Crippen LogP contribution in [0.4, 0.5) is 0 Å². The fourth-order valence-electron chi connectivity index (χ4n) is 1.50. The summed E-state index contributed by atoms with van der Waals surface area (Å²) < 4.78 is 5.17. The standard InChI is InChI=1S/C13H13NO/c1-10-4-3-5-11(8-10)13-9-12(15-2)6-7-14-13/h3-9H,1-2H3. The maximum Gasteiger partial charge on any atom is 0.122 e. The van der Waals surface area contributed by atoms with Crippen molar-refractivity contribution < 1.29 is 4.74 Å². The van der Waals surface area contributed by atoms with Crippen molar-refractivity contribution in [3.63, 3.8) is 0 Å². The third-order valence-corrected chi connectivity index (χ3v) is 2.28. The zero-order valence-electron chi connectivity index (χ0n) is 8.90. The highest BCUT2D eigenvalue weighted by Gasteiger charge is 2.00. The fraction of sp³-hybridized carbons (Fsp3) is 0.154. The molecule has 0 spiro atoms. The summed E-state index contributed by atoms with van der Waals surface area (Å²) in [4.78, 5) is 4.32. The van der Waals surface area contributed by atoms with Gasteiger partial charge in [0.2, 0.25) is 0 Å². The molecule has 2 nitrogen and oxygen atoms in total. The van der Waals surface area contributed by atoms with E-state index in [2.05, 4.69) is 30.1 Å². The van der Waals surface area contributed by atoms with Gasteiger partial charge < -0.3 is 4.74 Å². The van der Waals surface area contributed by atoms with Crippen LogP contribution in [0.5, 0.6) is 5.75 Å². The van der Waals surface area contributed by atoms with Gasteiger partial charge in [0, 0.05) is 17.8 Å². The summed E-state index contributed by atoms with van der Waals surface area (Å²) in [5.74, 6) is 0.835. The second-order valence-corrected chi connectivity index (χ2v) is 3.45. The SMILES string of the molecule is COc1ccnc(-c2cccc(C)c2)c1. The average Bonchev–Trinajstić information content (AvgIpc) is 2.29. The third kappa shape index (κ3) is 2.15. The molecule has 0 atom stereocenters. The number of benzene rings is 1. The number of methoxy groups -OCH3 is 1. The van der Waals surface area contributed by atoms with Crippen molar-refractivity contribution in [2.45, 2.75) is 6.92 Å². The lowest BCUT2D eigenvalue weighted by Crippen LogP contribution is -1.87. The number of aromatic nitrogens is 1. The van der Waals surface area contributed by atoms with Crippen LogP contribution >= 0.6 is 0 Å². The molecule has 0 aliphatic carbocycles. The Bertz CT molecular complexity index is 466. The molecule has 2 rings (SSSR count). The van der Waals surface area contributed by atoms with Crippen LogP contribution in [-0.2, 0) is 0 Å². The van der Waals surface area contributed by atoms with Crippen LogP contribution in [0.25, 0.3) is 11.3 Å². The maximum absolute atomic E-state index is 5.17. The van der Waals surface area contributed by atoms with Gasteiger partial charge in [0.15, 0.2) is 0 Å². The first-order chi connectivity index (χ1) is 7.29.